The molecule has 0 aromatic rings. The number of hydrogen-bond acceptors (Lipinski definition) is 4. The molecule has 0 radical (unpaired) electrons. The van der Waals surface area contributed by atoms with Crippen molar-refractivity contribution in [3.63, 3.8) is 0 Å². The lowest BCUT2D eigenvalue weighted by atomic mass is 9.90. The van der Waals surface area contributed by atoms with E-state index in [9.17, 15) is 20.1 Å². The van der Waals surface area contributed by atoms with Gasteiger partial charge in [-0.3, -0.25) is 4.79 Å². The molecule has 0 spiro atoms. The highest BCUT2D eigenvalue weighted by Crippen LogP contribution is 2.35. The van der Waals surface area contributed by atoms with Crippen LogP contribution in [0.3, 0.4) is 0 Å². The molecule has 1 saturated carbocycles. The van der Waals surface area contributed by atoms with E-state index < -0.39 is 24.3 Å². The SMILES string of the molecule is CC[C@H]1[C@@H](/C=C/[C@H](O)C/C=C\C/C=C\C/C=C\CCC(=O)O)[C@@H](O)C[C@H]1O. The van der Waals surface area contributed by atoms with Gasteiger partial charge in [0.05, 0.1) is 18.3 Å². The maximum atomic E-state index is 10.3. The van der Waals surface area contributed by atoms with Crippen LogP contribution in [-0.2, 0) is 4.79 Å². The number of carboxylic acid groups (broad SMARTS) is 1. The summed E-state index contributed by atoms with van der Waals surface area (Å²) in [6.45, 7) is 2.01. The van der Waals surface area contributed by atoms with E-state index in [0.717, 1.165) is 19.3 Å². The van der Waals surface area contributed by atoms with Gasteiger partial charge >= 0.3 is 5.97 Å². The first-order chi connectivity index (χ1) is 13.0. The number of carbonyl (C=O) groups is 1. The quantitative estimate of drug-likeness (QED) is 0.390. The summed E-state index contributed by atoms with van der Waals surface area (Å²) >= 11 is 0. The van der Waals surface area contributed by atoms with Crippen molar-refractivity contribution in [2.75, 3.05) is 0 Å². The Bertz CT molecular complexity index is 535. The van der Waals surface area contributed by atoms with Gasteiger partial charge in [-0.15, -0.1) is 0 Å². The number of allylic oxidation sites excluding steroid dienone is 5. The van der Waals surface area contributed by atoms with Gasteiger partial charge in [-0.2, -0.15) is 0 Å². The maximum Gasteiger partial charge on any atom is 0.303 e. The zero-order valence-electron chi connectivity index (χ0n) is 16.2. The molecule has 1 fully saturated rings. The topological polar surface area (TPSA) is 98.0 Å². The second kappa shape index (κ2) is 13.5. The first-order valence-corrected chi connectivity index (χ1v) is 9.85. The Labute approximate surface area is 162 Å². The van der Waals surface area contributed by atoms with Crippen LogP contribution in [0.5, 0.6) is 0 Å². The summed E-state index contributed by atoms with van der Waals surface area (Å²) in [5.41, 5.74) is 0. The van der Waals surface area contributed by atoms with Crippen molar-refractivity contribution in [1.29, 1.82) is 0 Å². The van der Waals surface area contributed by atoms with Crippen molar-refractivity contribution in [2.45, 2.75) is 70.2 Å². The van der Waals surface area contributed by atoms with Crippen LogP contribution in [-0.4, -0.2) is 44.7 Å². The van der Waals surface area contributed by atoms with E-state index >= 15 is 0 Å². The fraction of sp³-hybridized carbons (Fsp3) is 0.591. The van der Waals surface area contributed by atoms with Gasteiger partial charge in [0.25, 0.3) is 0 Å². The van der Waals surface area contributed by atoms with E-state index in [1.54, 1.807) is 6.08 Å². The first kappa shape index (κ1) is 23.3. The Morgan fingerprint density at radius 3 is 2.30 bits per heavy atom. The predicted octanol–water partition coefficient (Wildman–Crippen LogP) is 3.38. The summed E-state index contributed by atoms with van der Waals surface area (Å²) < 4.78 is 0. The zero-order valence-corrected chi connectivity index (χ0v) is 16.2. The summed E-state index contributed by atoms with van der Waals surface area (Å²) in [6, 6.07) is 0. The van der Waals surface area contributed by atoms with E-state index in [2.05, 4.69) is 0 Å². The van der Waals surface area contributed by atoms with Gasteiger partial charge in [-0.1, -0.05) is 62.0 Å². The lowest BCUT2D eigenvalue weighted by Gasteiger charge is -2.19. The third-order valence-electron chi connectivity index (χ3n) is 4.89. The first-order valence-electron chi connectivity index (χ1n) is 9.85. The molecule has 1 rings (SSSR count). The molecular weight excluding hydrogens is 344 g/mol. The molecule has 5 nitrogen and oxygen atoms in total. The average Bonchev–Trinajstić information content (AvgIpc) is 2.90. The van der Waals surface area contributed by atoms with Crippen LogP contribution in [0.4, 0.5) is 0 Å². The highest BCUT2D eigenvalue weighted by atomic mass is 16.4. The Morgan fingerprint density at radius 2 is 1.67 bits per heavy atom. The van der Waals surface area contributed by atoms with Crippen LogP contribution in [0.15, 0.2) is 48.6 Å². The summed E-state index contributed by atoms with van der Waals surface area (Å²) in [7, 11) is 0. The largest absolute Gasteiger partial charge is 0.481 e. The summed E-state index contributed by atoms with van der Waals surface area (Å²) in [5.74, 6) is -0.808. The predicted molar refractivity (Wildman–Crippen MR) is 107 cm³/mol. The van der Waals surface area contributed by atoms with E-state index in [0.29, 0.717) is 19.3 Å². The van der Waals surface area contributed by atoms with Crippen molar-refractivity contribution >= 4 is 5.97 Å². The highest BCUT2D eigenvalue weighted by Gasteiger charge is 2.38. The van der Waals surface area contributed by atoms with Crippen molar-refractivity contribution in [3.8, 4) is 0 Å². The van der Waals surface area contributed by atoms with Crippen molar-refractivity contribution < 1.29 is 25.2 Å². The van der Waals surface area contributed by atoms with Crippen LogP contribution >= 0.6 is 0 Å². The average molecular weight is 379 g/mol. The van der Waals surface area contributed by atoms with Gasteiger partial charge in [0.2, 0.25) is 0 Å². The molecule has 5 atom stereocenters. The molecule has 0 amide bonds. The molecule has 0 aromatic carbocycles. The third-order valence-corrected chi connectivity index (χ3v) is 4.89. The van der Waals surface area contributed by atoms with Gasteiger partial charge in [0.1, 0.15) is 0 Å². The fourth-order valence-corrected chi connectivity index (χ4v) is 3.37. The monoisotopic (exact) mass is 378 g/mol. The number of aliphatic carboxylic acids is 1. The molecule has 0 saturated heterocycles. The Balaban J connectivity index is 2.21. The molecule has 0 aromatic heterocycles. The molecule has 0 unspecified atom stereocenters. The van der Waals surface area contributed by atoms with Crippen LogP contribution in [0.2, 0.25) is 0 Å². The van der Waals surface area contributed by atoms with Crippen molar-refractivity contribution in [3.05, 3.63) is 48.6 Å². The van der Waals surface area contributed by atoms with Crippen molar-refractivity contribution in [2.24, 2.45) is 11.8 Å². The third kappa shape index (κ3) is 9.70. The van der Waals surface area contributed by atoms with E-state index in [-0.39, 0.29) is 18.3 Å². The van der Waals surface area contributed by atoms with E-state index in [4.69, 9.17) is 5.11 Å². The number of rotatable bonds is 12. The standard InChI is InChI=1S/C22H34O5/c1-2-18-19(21(25)16-20(18)24)15-14-17(23)12-10-8-6-4-3-5-7-9-11-13-22(26)27/h3-4,7-10,14-15,17-21,23-25H,2,5-6,11-13,16H2,1H3,(H,26,27)/b4-3-,9-7-,10-8-,15-14+/t17-,18+,19-,20-,21+/m1/s1. The Hall–Kier alpha value is -1.69. The minimum atomic E-state index is -0.778. The lowest BCUT2D eigenvalue weighted by Crippen LogP contribution is -2.20. The number of hydrogen-bond donors (Lipinski definition) is 4. The maximum absolute atomic E-state index is 10.3. The number of aliphatic hydroxyl groups excluding tert-OH is 3. The molecule has 0 aliphatic heterocycles. The molecule has 1 aliphatic carbocycles. The van der Waals surface area contributed by atoms with E-state index in [1.807, 2.05) is 49.5 Å². The summed E-state index contributed by atoms with van der Waals surface area (Å²) in [5, 5.41) is 38.5. The molecule has 0 heterocycles. The van der Waals surface area contributed by atoms with Gasteiger partial charge in [-0.05, 0) is 31.6 Å². The highest BCUT2D eigenvalue weighted by molar-refractivity contribution is 5.66. The smallest absolute Gasteiger partial charge is 0.303 e. The fourth-order valence-electron chi connectivity index (χ4n) is 3.37. The minimum Gasteiger partial charge on any atom is -0.481 e. The number of carboxylic acids is 1. The minimum absolute atomic E-state index is 0.0577. The van der Waals surface area contributed by atoms with Crippen LogP contribution < -0.4 is 0 Å². The van der Waals surface area contributed by atoms with Gasteiger partial charge in [-0.25, -0.2) is 0 Å². The number of aliphatic hydroxyl groups is 3. The van der Waals surface area contributed by atoms with E-state index in [1.165, 1.54) is 0 Å². The molecule has 4 N–H and O–H groups in total. The van der Waals surface area contributed by atoms with Gasteiger partial charge in [0, 0.05) is 18.8 Å². The molecule has 152 valence electrons. The molecule has 27 heavy (non-hydrogen) atoms. The zero-order chi connectivity index (χ0) is 20.1. The van der Waals surface area contributed by atoms with Crippen LogP contribution in [0.25, 0.3) is 0 Å². The van der Waals surface area contributed by atoms with Gasteiger partial charge in [0.15, 0.2) is 0 Å². The normalized spacial score (nSPS) is 27.6. The Morgan fingerprint density at radius 1 is 1.04 bits per heavy atom. The van der Waals surface area contributed by atoms with Crippen LogP contribution in [0.1, 0.15) is 51.9 Å². The molecule has 5 heteroatoms. The Kier molecular flexibility index (Phi) is 11.7. The second-order valence-corrected chi connectivity index (χ2v) is 7.03. The van der Waals surface area contributed by atoms with Crippen molar-refractivity contribution in [1.82, 2.24) is 0 Å². The van der Waals surface area contributed by atoms with Crippen LogP contribution in [0, 0.1) is 11.8 Å². The molecule has 1 aliphatic rings. The summed E-state index contributed by atoms with van der Waals surface area (Å²) in [6.07, 6.45) is 17.8. The molecular formula is C22H34O5. The lowest BCUT2D eigenvalue weighted by molar-refractivity contribution is -0.136. The second-order valence-electron chi connectivity index (χ2n) is 7.03. The van der Waals surface area contributed by atoms with Gasteiger partial charge < -0.3 is 20.4 Å². The molecule has 0 bridgehead atoms. The summed E-state index contributed by atoms with van der Waals surface area (Å²) in [4.78, 5) is 10.3.